The Morgan fingerprint density at radius 3 is 2.50 bits per heavy atom. The largest absolute Gasteiger partial charge is 0.308 e. The average molecular weight is 505 g/mol. The Morgan fingerprint density at radius 2 is 1.78 bits per heavy atom. The van der Waals surface area contributed by atoms with Crippen molar-refractivity contribution < 1.29 is 8.42 Å². The maximum atomic E-state index is 13.1. The summed E-state index contributed by atoms with van der Waals surface area (Å²) in [7, 11) is -3.83. The second kappa shape index (κ2) is 9.31. The summed E-state index contributed by atoms with van der Waals surface area (Å²) < 4.78 is 31.3. The van der Waals surface area contributed by atoms with Crippen molar-refractivity contribution in [2.75, 3.05) is 4.72 Å². The van der Waals surface area contributed by atoms with Gasteiger partial charge in [0.05, 0.1) is 20.8 Å². The molecule has 0 atom stereocenters. The Hall–Kier alpha value is -2.26. The van der Waals surface area contributed by atoms with Crippen LogP contribution in [0.3, 0.4) is 0 Å². The number of anilines is 1. The Kier molecular flexibility index (Phi) is 6.67. The maximum absolute atomic E-state index is 13.1. The smallest absolute Gasteiger partial charge is 0.296 e. The molecule has 0 aliphatic heterocycles. The van der Waals surface area contributed by atoms with Crippen LogP contribution >= 0.6 is 34.7 Å². The Bertz CT molecular complexity index is 1430. The fourth-order valence-electron chi connectivity index (χ4n) is 3.30. The van der Waals surface area contributed by atoms with Crippen molar-refractivity contribution in [1.29, 1.82) is 0 Å². The van der Waals surface area contributed by atoms with Gasteiger partial charge in [0, 0.05) is 21.7 Å². The molecular weight excluding hydrogens is 484 g/mol. The SMILES string of the molecule is CC(C)n1c(=O)sc2cc(S(=O)(=O)Nc3ccccc3SCc3ccc(Cl)cc3)ccc21. The minimum absolute atomic E-state index is 0.00127. The van der Waals surface area contributed by atoms with Crippen LogP contribution in [-0.2, 0) is 15.8 Å². The van der Waals surface area contributed by atoms with Crippen molar-refractivity contribution in [3.63, 3.8) is 0 Å². The van der Waals surface area contributed by atoms with E-state index in [9.17, 15) is 13.2 Å². The molecule has 9 heteroatoms. The standard InChI is InChI=1S/C23H21ClN2O3S3/c1-15(2)26-20-12-11-18(13-22(20)31-23(26)27)32(28,29)25-19-5-3-4-6-21(19)30-14-16-7-9-17(24)10-8-16/h3-13,15,25H,14H2,1-2H3. The quantitative estimate of drug-likeness (QED) is 0.296. The molecule has 1 aromatic heterocycles. The van der Waals surface area contributed by atoms with Gasteiger partial charge in [-0.15, -0.1) is 11.8 Å². The lowest BCUT2D eigenvalue weighted by Gasteiger charge is -2.13. The molecule has 5 nitrogen and oxygen atoms in total. The second-order valence-corrected chi connectivity index (χ2v) is 11.6. The minimum Gasteiger partial charge on any atom is -0.296 e. The molecule has 166 valence electrons. The van der Waals surface area contributed by atoms with Crippen LogP contribution in [-0.4, -0.2) is 13.0 Å². The van der Waals surface area contributed by atoms with Crippen LogP contribution in [0.15, 0.2) is 81.3 Å². The van der Waals surface area contributed by atoms with Gasteiger partial charge in [0.2, 0.25) is 0 Å². The van der Waals surface area contributed by atoms with Gasteiger partial charge in [-0.1, -0.05) is 47.2 Å². The highest BCUT2D eigenvalue weighted by Crippen LogP contribution is 2.32. The normalized spacial score (nSPS) is 11.9. The number of hydrogen-bond donors (Lipinski definition) is 1. The number of aromatic nitrogens is 1. The van der Waals surface area contributed by atoms with Gasteiger partial charge >= 0.3 is 4.87 Å². The van der Waals surface area contributed by atoms with Gasteiger partial charge in [-0.3, -0.25) is 14.1 Å². The summed E-state index contributed by atoms with van der Waals surface area (Å²) in [5.41, 5.74) is 2.35. The molecule has 0 aliphatic carbocycles. The molecule has 0 spiro atoms. The van der Waals surface area contributed by atoms with Gasteiger partial charge in [-0.2, -0.15) is 0 Å². The molecular formula is C23H21ClN2O3S3. The first-order valence-electron chi connectivity index (χ1n) is 9.89. The topological polar surface area (TPSA) is 68.2 Å². The Balaban J connectivity index is 1.60. The van der Waals surface area contributed by atoms with E-state index in [-0.39, 0.29) is 15.8 Å². The lowest BCUT2D eigenvalue weighted by Crippen LogP contribution is -2.15. The summed E-state index contributed by atoms with van der Waals surface area (Å²) >= 11 is 8.54. The fourth-order valence-corrected chi connectivity index (χ4v) is 6.68. The monoisotopic (exact) mass is 504 g/mol. The van der Waals surface area contributed by atoms with Crippen LogP contribution in [0.1, 0.15) is 25.5 Å². The highest BCUT2D eigenvalue weighted by Gasteiger charge is 2.19. The van der Waals surface area contributed by atoms with Gasteiger partial charge in [0.1, 0.15) is 0 Å². The number of hydrogen-bond acceptors (Lipinski definition) is 5. The summed E-state index contributed by atoms with van der Waals surface area (Å²) in [6.07, 6.45) is 0. The number of fused-ring (bicyclic) bond motifs is 1. The number of nitrogens with zero attached hydrogens (tertiary/aromatic N) is 1. The van der Waals surface area contributed by atoms with Gasteiger partial charge in [-0.05, 0) is 61.9 Å². The van der Waals surface area contributed by atoms with Crippen molar-refractivity contribution in [3.8, 4) is 0 Å². The third kappa shape index (κ3) is 4.88. The predicted molar refractivity (Wildman–Crippen MR) is 135 cm³/mol. The zero-order valence-electron chi connectivity index (χ0n) is 17.4. The summed E-state index contributed by atoms with van der Waals surface area (Å²) in [6, 6.07) is 19.7. The Labute approximate surface area is 200 Å². The van der Waals surface area contributed by atoms with E-state index in [1.54, 1.807) is 46.7 Å². The first kappa shape index (κ1) is 22.9. The lowest BCUT2D eigenvalue weighted by molar-refractivity contribution is 0.601. The number of thiazole rings is 1. The van der Waals surface area contributed by atoms with Gasteiger partial charge in [-0.25, -0.2) is 8.42 Å². The van der Waals surface area contributed by atoms with E-state index < -0.39 is 10.0 Å². The van der Waals surface area contributed by atoms with Crippen molar-refractivity contribution in [3.05, 3.63) is 87.0 Å². The van der Waals surface area contributed by atoms with Crippen LogP contribution < -0.4 is 9.60 Å². The molecule has 0 fully saturated rings. The zero-order chi connectivity index (χ0) is 22.9. The molecule has 0 radical (unpaired) electrons. The second-order valence-electron chi connectivity index (χ2n) is 7.48. The lowest BCUT2D eigenvalue weighted by atomic mass is 10.2. The van der Waals surface area contributed by atoms with E-state index in [4.69, 9.17) is 11.6 Å². The number of sulfonamides is 1. The number of nitrogens with one attached hydrogen (secondary N) is 1. The van der Waals surface area contributed by atoms with E-state index >= 15 is 0 Å². The van der Waals surface area contributed by atoms with E-state index in [1.165, 1.54) is 0 Å². The van der Waals surface area contributed by atoms with Crippen molar-refractivity contribution >= 4 is 60.6 Å². The first-order valence-corrected chi connectivity index (χ1v) is 13.5. The Morgan fingerprint density at radius 1 is 1.06 bits per heavy atom. The van der Waals surface area contributed by atoms with Crippen molar-refractivity contribution in [2.24, 2.45) is 0 Å². The fraction of sp³-hybridized carbons (Fsp3) is 0.174. The number of rotatable bonds is 7. The van der Waals surface area contributed by atoms with Gasteiger partial charge < -0.3 is 0 Å². The van der Waals surface area contributed by atoms with Crippen molar-refractivity contribution in [1.82, 2.24) is 4.57 Å². The van der Waals surface area contributed by atoms with E-state index in [0.717, 1.165) is 27.3 Å². The molecule has 0 saturated heterocycles. The molecule has 4 rings (SSSR count). The van der Waals surface area contributed by atoms with Crippen molar-refractivity contribution in [2.45, 2.75) is 35.4 Å². The summed E-state index contributed by atoms with van der Waals surface area (Å²) in [6.45, 7) is 3.86. The van der Waals surface area contributed by atoms with E-state index in [1.807, 2.05) is 50.2 Å². The van der Waals surface area contributed by atoms with Crippen LogP contribution in [0.4, 0.5) is 5.69 Å². The highest BCUT2D eigenvalue weighted by atomic mass is 35.5. The molecule has 32 heavy (non-hydrogen) atoms. The molecule has 0 unspecified atom stereocenters. The number of para-hydroxylation sites is 1. The summed E-state index contributed by atoms with van der Waals surface area (Å²) in [5, 5.41) is 0.678. The molecule has 0 bridgehead atoms. The number of benzene rings is 3. The molecule has 1 heterocycles. The molecule has 0 amide bonds. The number of thioether (sulfide) groups is 1. The van der Waals surface area contributed by atoms with Gasteiger partial charge in [0.25, 0.3) is 10.0 Å². The van der Waals surface area contributed by atoms with Crippen LogP contribution in [0.25, 0.3) is 10.2 Å². The maximum Gasteiger partial charge on any atom is 0.308 e. The van der Waals surface area contributed by atoms with E-state index in [0.29, 0.717) is 21.2 Å². The predicted octanol–water partition coefficient (Wildman–Crippen LogP) is 6.39. The van der Waals surface area contributed by atoms with Crippen LogP contribution in [0.2, 0.25) is 5.02 Å². The summed E-state index contributed by atoms with van der Waals surface area (Å²) in [5.74, 6) is 0.679. The molecule has 1 N–H and O–H groups in total. The zero-order valence-corrected chi connectivity index (χ0v) is 20.6. The molecule has 0 aliphatic rings. The minimum atomic E-state index is -3.83. The molecule has 0 saturated carbocycles. The van der Waals surface area contributed by atoms with E-state index in [2.05, 4.69) is 4.72 Å². The van der Waals surface area contributed by atoms with Gasteiger partial charge in [0.15, 0.2) is 0 Å². The van der Waals surface area contributed by atoms with Crippen LogP contribution in [0, 0.1) is 0 Å². The number of halogens is 1. The average Bonchev–Trinajstić information content (AvgIpc) is 3.09. The summed E-state index contributed by atoms with van der Waals surface area (Å²) in [4.78, 5) is 13.1. The molecule has 4 aromatic rings. The third-order valence-electron chi connectivity index (χ3n) is 4.85. The molecule has 3 aromatic carbocycles. The third-order valence-corrected chi connectivity index (χ3v) is 8.53. The first-order chi connectivity index (χ1) is 15.2. The highest BCUT2D eigenvalue weighted by molar-refractivity contribution is 7.98. The van der Waals surface area contributed by atoms with Crippen LogP contribution in [0.5, 0.6) is 0 Å².